The summed E-state index contributed by atoms with van der Waals surface area (Å²) in [7, 11) is 0. The first kappa shape index (κ1) is 12.6. The van der Waals surface area contributed by atoms with Crippen LogP contribution in [0.1, 0.15) is 23.3 Å². The van der Waals surface area contributed by atoms with Crippen molar-refractivity contribution in [1.82, 2.24) is 10.3 Å². The van der Waals surface area contributed by atoms with Crippen LogP contribution in [0.25, 0.3) is 0 Å². The predicted octanol–water partition coefficient (Wildman–Crippen LogP) is 2.86. The zero-order chi connectivity index (χ0) is 13.9. The van der Waals surface area contributed by atoms with E-state index >= 15 is 0 Å². The van der Waals surface area contributed by atoms with Crippen LogP contribution in [0.4, 0.5) is 15.8 Å². The lowest BCUT2D eigenvalue weighted by Crippen LogP contribution is -2.26. The second kappa shape index (κ2) is 5.28. The Balaban J connectivity index is 1.69. The number of amides is 1. The number of para-hydroxylation sites is 1. The molecule has 1 saturated carbocycles. The van der Waals surface area contributed by atoms with Crippen molar-refractivity contribution in [3.05, 3.63) is 54.1 Å². The van der Waals surface area contributed by atoms with Crippen LogP contribution < -0.4 is 10.6 Å². The highest BCUT2D eigenvalue weighted by molar-refractivity contribution is 5.92. The summed E-state index contributed by atoms with van der Waals surface area (Å²) in [6.45, 7) is 0. The predicted molar refractivity (Wildman–Crippen MR) is 74.4 cm³/mol. The van der Waals surface area contributed by atoms with Gasteiger partial charge in [-0.1, -0.05) is 12.1 Å². The lowest BCUT2D eigenvalue weighted by Gasteiger charge is -2.08. The number of aromatic nitrogens is 1. The Labute approximate surface area is 116 Å². The van der Waals surface area contributed by atoms with Crippen molar-refractivity contribution in [1.29, 1.82) is 0 Å². The maximum Gasteiger partial charge on any atom is 0.270 e. The molecule has 0 unspecified atom stereocenters. The standard InChI is InChI=1S/C15H14FN3O/c16-12-3-1-2-4-13(12)18-11-7-8-14(17-9-11)15(20)19-10-5-6-10/h1-4,7-10,18H,5-6H2,(H,19,20). The summed E-state index contributed by atoms with van der Waals surface area (Å²) in [5, 5.41) is 5.79. The van der Waals surface area contributed by atoms with E-state index in [0.29, 0.717) is 23.1 Å². The van der Waals surface area contributed by atoms with Crippen LogP contribution in [0, 0.1) is 5.82 Å². The smallest absolute Gasteiger partial charge is 0.270 e. The third-order valence-electron chi connectivity index (χ3n) is 3.06. The largest absolute Gasteiger partial charge is 0.352 e. The van der Waals surface area contributed by atoms with Gasteiger partial charge in [0.05, 0.1) is 17.6 Å². The van der Waals surface area contributed by atoms with E-state index in [1.807, 2.05) is 0 Å². The normalized spacial score (nSPS) is 13.8. The van der Waals surface area contributed by atoms with Crippen LogP contribution in [-0.4, -0.2) is 16.9 Å². The molecule has 0 atom stereocenters. The second-order valence-electron chi connectivity index (χ2n) is 4.78. The van der Waals surface area contributed by atoms with E-state index in [1.54, 1.807) is 30.3 Å². The van der Waals surface area contributed by atoms with Crippen LogP contribution in [0.3, 0.4) is 0 Å². The summed E-state index contributed by atoms with van der Waals surface area (Å²) in [5.41, 5.74) is 1.39. The molecule has 1 aliphatic carbocycles. The van der Waals surface area contributed by atoms with Crippen molar-refractivity contribution in [2.45, 2.75) is 18.9 Å². The Morgan fingerprint density at radius 2 is 2.00 bits per heavy atom. The maximum absolute atomic E-state index is 13.5. The first-order valence-corrected chi connectivity index (χ1v) is 6.51. The first-order valence-electron chi connectivity index (χ1n) is 6.51. The van der Waals surface area contributed by atoms with Gasteiger partial charge in [-0.3, -0.25) is 4.79 Å². The molecule has 5 heteroatoms. The van der Waals surface area contributed by atoms with Gasteiger partial charge in [-0.15, -0.1) is 0 Å². The highest BCUT2D eigenvalue weighted by Gasteiger charge is 2.24. The summed E-state index contributed by atoms with van der Waals surface area (Å²) in [4.78, 5) is 15.9. The molecule has 1 heterocycles. The number of carbonyl (C=O) groups excluding carboxylic acids is 1. The minimum Gasteiger partial charge on any atom is -0.352 e. The zero-order valence-corrected chi connectivity index (χ0v) is 10.8. The minimum atomic E-state index is -0.331. The molecule has 2 aromatic rings. The molecule has 1 fully saturated rings. The highest BCUT2D eigenvalue weighted by Crippen LogP contribution is 2.20. The number of nitrogens with one attached hydrogen (secondary N) is 2. The molecular formula is C15H14FN3O. The summed E-state index contributed by atoms with van der Waals surface area (Å²) < 4.78 is 13.5. The van der Waals surface area contributed by atoms with Gasteiger partial charge < -0.3 is 10.6 Å². The molecule has 1 aromatic heterocycles. The Hall–Kier alpha value is -2.43. The van der Waals surface area contributed by atoms with Crippen LogP contribution in [-0.2, 0) is 0 Å². The van der Waals surface area contributed by atoms with Crippen molar-refractivity contribution < 1.29 is 9.18 Å². The summed E-state index contributed by atoms with van der Waals surface area (Å²) >= 11 is 0. The molecule has 3 rings (SSSR count). The summed E-state index contributed by atoms with van der Waals surface area (Å²) in [6, 6.07) is 10.0. The van der Waals surface area contributed by atoms with Gasteiger partial charge in [-0.2, -0.15) is 0 Å². The van der Waals surface area contributed by atoms with Crippen LogP contribution in [0.15, 0.2) is 42.6 Å². The number of benzene rings is 1. The lowest BCUT2D eigenvalue weighted by atomic mass is 10.2. The molecular weight excluding hydrogens is 257 g/mol. The van der Waals surface area contributed by atoms with Gasteiger partial charge in [0.15, 0.2) is 0 Å². The van der Waals surface area contributed by atoms with Gasteiger partial charge in [0.1, 0.15) is 11.5 Å². The van der Waals surface area contributed by atoms with Gasteiger partial charge in [-0.05, 0) is 37.1 Å². The number of hydrogen-bond donors (Lipinski definition) is 2. The summed E-state index contributed by atoms with van der Waals surface area (Å²) in [6.07, 6.45) is 3.60. The number of hydrogen-bond acceptors (Lipinski definition) is 3. The van der Waals surface area contributed by atoms with Crippen molar-refractivity contribution in [2.24, 2.45) is 0 Å². The van der Waals surface area contributed by atoms with Crippen molar-refractivity contribution in [2.75, 3.05) is 5.32 Å². The molecule has 0 aliphatic heterocycles. The third kappa shape index (κ3) is 2.93. The number of carbonyl (C=O) groups is 1. The molecule has 0 bridgehead atoms. The molecule has 102 valence electrons. The van der Waals surface area contributed by atoms with Crippen LogP contribution >= 0.6 is 0 Å². The number of halogens is 1. The molecule has 2 N–H and O–H groups in total. The maximum atomic E-state index is 13.5. The van der Waals surface area contributed by atoms with Gasteiger partial charge in [0.2, 0.25) is 0 Å². The zero-order valence-electron chi connectivity index (χ0n) is 10.8. The molecule has 0 spiro atoms. The van der Waals surface area contributed by atoms with Crippen LogP contribution in [0.2, 0.25) is 0 Å². The Morgan fingerprint density at radius 3 is 2.65 bits per heavy atom. The highest BCUT2D eigenvalue weighted by atomic mass is 19.1. The van der Waals surface area contributed by atoms with Gasteiger partial charge in [0.25, 0.3) is 5.91 Å². The molecule has 0 radical (unpaired) electrons. The van der Waals surface area contributed by atoms with E-state index in [1.165, 1.54) is 12.3 Å². The van der Waals surface area contributed by atoms with E-state index < -0.39 is 0 Å². The number of anilines is 2. The van der Waals surface area contributed by atoms with E-state index in [-0.39, 0.29) is 11.7 Å². The first-order chi connectivity index (χ1) is 9.72. The van der Waals surface area contributed by atoms with Crippen molar-refractivity contribution in [3.8, 4) is 0 Å². The lowest BCUT2D eigenvalue weighted by molar-refractivity contribution is 0.0946. The Morgan fingerprint density at radius 1 is 1.20 bits per heavy atom. The van der Waals surface area contributed by atoms with E-state index in [4.69, 9.17) is 0 Å². The molecule has 4 nitrogen and oxygen atoms in total. The summed E-state index contributed by atoms with van der Waals surface area (Å²) in [5.74, 6) is -0.493. The van der Waals surface area contributed by atoms with Crippen molar-refractivity contribution in [3.63, 3.8) is 0 Å². The third-order valence-corrected chi connectivity index (χ3v) is 3.06. The molecule has 1 aliphatic rings. The average Bonchev–Trinajstić information content (AvgIpc) is 3.26. The van der Waals surface area contributed by atoms with Gasteiger partial charge >= 0.3 is 0 Å². The molecule has 1 amide bonds. The number of rotatable bonds is 4. The van der Waals surface area contributed by atoms with Crippen molar-refractivity contribution >= 4 is 17.3 Å². The topological polar surface area (TPSA) is 54.0 Å². The Kier molecular flexibility index (Phi) is 3.33. The van der Waals surface area contributed by atoms with E-state index in [0.717, 1.165) is 12.8 Å². The van der Waals surface area contributed by atoms with E-state index in [9.17, 15) is 9.18 Å². The molecule has 1 aromatic carbocycles. The number of nitrogens with zero attached hydrogens (tertiary/aromatic N) is 1. The monoisotopic (exact) mass is 271 g/mol. The molecule has 0 saturated heterocycles. The average molecular weight is 271 g/mol. The molecule has 20 heavy (non-hydrogen) atoms. The second-order valence-corrected chi connectivity index (χ2v) is 4.78. The SMILES string of the molecule is O=C(NC1CC1)c1ccc(Nc2ccccc2F)cn1. The fraction of sp³-hybridized carbons (Fsp3) is 0.200. The fourth-order valence-electron chi connectivity index (χ4n) is 1.81. The minimum absolute atomic E-state index is 0.162. The quantitative estimate of drug-likeness (QED) is 0.899. The van der Waals surface area contributed by atoms with Crippen LogP contribution in [0.5, 0.6) is 0 Å². The fourth-order valence-corrected chi connectivity index (χ4v) is 1.81. The van der Waals surface area contributed by atoms with E-state index in [2.05, 4.69) is 15.6 Å². The van der Waals surface area contributed by atoms with Gasteiger partial charge in [0, 0.05) is 6.04 Å². The van der Waals surface area contributed by atoms with Gasteiger partial charge in [-0.25, -0.2) is 9.37 Å². The Bertz CT molecular complexity index is 623. The number of pyridine rings is 1.